The van der Waals surface area contributed by atoms with E-state index in [0.717, 1.165) is 12.1 Å². The molecule has 2 atom stereocenters. The van der Waals surface area contributed by atoms with Gasteiger partial charge < -0.3 is 5.11 Å². The van der Waals surface area contributed by atoms with Gasteiger partial charge in [0.05, 0.1) is 11.6 Å². The van der Waals surface area contributed by atoms with Gasteiger partial charge in [-0.2, -0.15) is 5.10 Å². The molecule has 0 radical (unpaired) electrons. The van der Waals surface area contributed by atoms with E-state index in [-0.39, 0.29) is 5.37 Å². The van der Waals surface area contributed by atoms with Crippen LogP contribution in [0.15, 0.2) is 12.4 Å². The van der Waals surface area contributed by atoms with Crippen molar-refractivity contribution < 1.29 is 9.90 Å². The molecule has 0 spiro atoms. The Bertz CT molecular complexity index is 366. The quantitative estimate of drug-likeness (QED) is 0.795. The van der Waals surface area contributed by atoms with Crippen molar-refractivity contribution in [2.45, 2.75) is 24.9 Å². The molecule has 6 heteroatoms. The van der Waals surface area contributed by atoms with Gasteiger partial charge in [0.25, 0.3) is 0 Å². The van der Waals surface area contributed by atoms with Gasteiger partial charge in [0.15, 0.2) is 0 Å². The predicted octanol–water partition coefficient (Wildman–Crippen LogP) is 0.691. The fraction of sp³-hybridized carbons (Fsp3) is 0.556. The molecule has 15 heavy (non-hydrogen) atoms. The van der Waals surface area contributed by atoms with Crippen LogP contribution in [-0.4, -0.2) is 32.7 Å². The van der Waals surface area contributed by atoms with Crippen LogP contribution in [0.25, 0.3) is 0 Å². The number of aryl methyl sites for hydroxylation is 1. The van der Waals surface area contributed by atoms with Crippen LogP contribution in [0.2, 0.25) is 0 Å². The van der Waals surface area contributed by atoms with Gasteiger partial charge in [0.2, 0.25) is 0 Å². The van der Waals surface area contributed by atoms with Gasteiger partial charge in [-0.15, -0.1) is 11.8 Å². The number of aromatic nitrogens is 2. The average molecular weight is 227 g/mol. The first-order chi connectivity index (χ1) is 7.20. The molecule has 1 aliphatic rings. The van der Waals surface area contributed by atoms with Crippen molar-refractivity contribution >= 4 is 17.7 Å². The summed E-state index contributed by atoms with van der Waals surface area (Å²) < 4.78 is 1.84. The second-order valence-corrected chi connectivity index (χ2v) is 4.54. The number of nitrogens with zero attached hydrogens (tertiary/aromatic N) is 2. The molecule has 2 heterocycles. The van der Waals surface area contributed by atoms with Crippen LogP contribution < -0.4 is 5.32 Å². The average Bonchev–Trinajstić information content (AvgIpc) is 2.86. The third-order valence-corrected chi connectivity index (χ3v) is 3.63. The number of carbonyl (C=O) groups is 1. The summed E-state index contributed by atoms with van der Waals surface area (Å²) in [7, 11) is 0. The lowest BCUT2D eigenvalue weighted by Gasteiger charge is -2.07. The van der Waals surface area contributed by atoms with Gasteiger partial charge >= 0.3 is 5.97 Å². The molecule has 0 aromatic carbocycles. The van der Waals surface area contributed by atoms with E-state index < -0.39 is 12.0 Å². The second-order valence-electron chi connectivity index (χ2n) is 3.40. The van der Waals surface area contributed by atoms with E-state index in [9.17, 15) is 4.79 Å². The van der Waals surface area contributed by atoms with Crippen LogP contribution in [0.4, 0.5) is 0 Å². The zero-order chi connectivity index (χ0) is 10.8. The monoisotopic (exact) mass is 227 g/mol. The molecular weight excluding hydrogens is 214 g/mol. The Kier molecular flexibility index (Phi) is 2.97. The summed E-state index contributed by atoms with van der Waals surface area (Å²) in [6.07, 6.45) is 3.74. The Hall–Kier alpha value is -1.01. The Balaban J connectivity index is 2.04. The predicted molar refractivity (Wildman–Crippen MR) is 57.7 cm³/mol. The maximum absolute atomic E-state index is 10.7. The van der Waals surface area contributed by atoms with Crippen molar-refractivity contribution in [1.29, 1.82) is 0 Å². The van der Waals surface area contributed by atoms with Crippen LogP contribution in [0, 0.1) is 0 Å². The largest absolute Gasteiger partial charge is 0.480 e. The van der Waals surface area contributed by atoms with Gasteiger partial charge in [-0.1, -0.05) is 0 Å². The zero-order valence-corrected chi connectivity index (χ0v) is 9.20. The van der Waals surface area contributed by atoms with E-state index in [1.807, 2.05) is 17.8 Å². The summed E-state index contributed by atoms with van der Waals surface area (Å²) in [6, 6.07) is -0.440. The van der Waals surface area contributed by atoms with Crippen molar-refractivity contribution in [1.82, 2.24) is 15.1 Å². The lowest BCUT2D eigenvalue weighted by atomic mass is 10.3. The third-order valence-electron chi connectivity index (χ3n) is 2.36. The first kappa shape index (κ1) is 10.5. The molecule has 1 aromatic rings. The SMILES string of the molecule is CCn1cc([C@H]2N[C@@H](C(=O)O)CS2)cn1. The molecule has 0 bridgehead atoms. The Morgan fingerprint density at radius 1 is 1.87 bits per heavy atom. The van der Waals surface area contributed by atoms with E-state index >= 15 is 0 Å². The Morgan fingerprint density at radius 3 is 3.20 bits per heavy atom. The fourth-order valence-corrected chi connectivity index (χ4v) is 2.69. The van der Waals surface area contributed by atoms with Crippen molar-refractivity contribution in [2.24, 2.45) is 0 Å². The van der Waals surface area contributed by atoms with Crippen molar-refractivity contribution in [3.63, 3.8) is 0 Å². The van der Waals surface area contributed by atoms with E-state index in [2.05, 4.69) is 10.4 Å². The van der Waals surface area contributed by atoms with E-state index in [1.165, 1.54) is 0 Å². The lowest BCUT2D eigenvalue weighted by Crippen LogP contribution is -2.33. The summed E-state index contributed by atoms with van der Waals surface area (Å²) in [5.41, 5.74) is 1.05. The summed E-state index contributed by atoms with van der Waals surface area (Å²) in [5.74, 6) is -0.176. The first-order valence-electron chi connectivity index (χ1n) is 4.83. The molecule has 1 aromatic heterocycles. The van der Waals surface area contributed by atoms with Crippen molar-refractivity contribution in [2.75, 3.05) is 5.75 Å². The van der Waals surface area contributed by atoms with Gasteiger partial charge in [0, 0.05) is 24.1 Å². The molecule has 1 saturated heterocycles. The number of thioether (sulfide) groups is 1. The van der Waals surface area contributed by atoms with Crippen LogP contribution in [0.5, 0.6) is 0 Å². The first-order valence-corrected chi connectivity index (χ1v) is 5.88. The summed E-state index contributed by atoms with van der Waals surface area (Å²) >= 11 is 1.61. The smallest absolute Gasteiger partial charge is 0.321 e. The minimum absolute atomic E-state index is 0.0615. The number of aliphatic carboxylic acids is 1. The highest BCUT2D eigenvalue weighted by Gasteiger charge is 2.30. The molecule has 2 rings (SSSR count). The summed E-state index contributed by atoms with van der Waals surface area (Å²) in [4.78, 5) is 10.7. The van der Waals surface area contributed by atoms with Crippen molar-refractivity contribution in [3.8, 4) is 0 Å². The Labute approximate surface area is 91.9 Å². The maximum Gasteiger partial charge on any atom is 0.321 e. The summed E-state index contributed by atoms with van der Waals surface area (Å²) in [5, 5.41) is 16.1. The third kappa shape index (κ3) is 2.15. The topological polar surface area (TPSA) is 67.2 Å². The molecule has 0 aliphatic carbocycles. The van der Waals surface area contributed by atoms with E-state index in [0.29, 0.717) is 5.75 Å². The Morgan fingerprint density at radius 2 is 2.67 bits per heavy atom. The molecule has 82 valence electrons. The van der Waals surface area contributed by atoms with Gasteiger partial charge in [-0.3, -0.25) is 14.8 Å². The van der Waals surface area contributed by atoms with E-state index in [4.69, 9.17) is 5.11 Å². The molecular formula is C9H13N3O2S. The van der Waals surface area contributed by atoms with Gasteiger partial charge in [-0.25, -0.2) is 0 Å². The van der Waals surface area contributed by atoms with Gasteiger partial charge in [0.1, 0.15) is 6.04 Å². The summed E-state index contributed by atoms with van der Waals surface area (Å²) in [6.45, 7) is 2.85. The van der Waals surface area contributed by atoms with Gasteiger partial charge in [-0.05, 0) is 6.92 Å². The number of hydrogen-bond donors (Lipinski definition) is 2. The highest BCUT2D eigenvalue weighted by Crippen LogP contribution is 2.32. The standard InChI is InChI=1S/C9H13N3O2S/c1-2-12-4-6(3-10-12)8-11-7(5-15-8)9(13)14/h3-4,7-8,11H,2,5H2,1H3,(H,13,14)/t7-,8+/m1/s1. The number of hydrogen-bond acceptors (Lipinski definition) is 4. The van der Waals surface area contributed by atoms with Crippen LogP contribution >= 0.6 is 11.8 Å². The molecule has 0 unspecified atom stereocenters. The second kappa shape index (κ2) is 4.24. The van der Waals surface area contributed by atoms with Crippen LogP contribution in [0.1, 0.15) is 17.9 Å². The molecule has 1 aliphatic heterocycles. The highest BCUT2D eigenvalue weighted by molar-refractivity contribution is 7.99. The number of nitrogens with one attached hydrogen (secondary N) is 1. The fourth-order valence-electron chi connectivity index (χ4n) is 1.49. The maximum atomic E-state index is 10.7. The molecule has 0 saturated carbocycles. The lowest BCUT2D eigenvalue weighted by molar-refractivity contribution is -0.138. The zero-order valence-electron chi connectivity index (χ0n) is 8.38. The van der Waals surface area contributed by atoms with Crippen LogP contribution in [0.3, 0.4) is 0 Å². The minimum Gasteiger partial charge on any atom is -0.480 e. The number of rotatable bonds is 3. The molecule has 2 N–H and O–H groups in total. The number of carboxylic acid groups (broad SMARTS) is 1. The van der Waals surface area contributed by atoms with Crippen LogP contribution in [-0.2, 0) is 11.3 Å². The minimum atomic E-state index is -0.784. The molecule has 0 amide bonds. The normalized spacial score (nSPS) is 25.7. The number of carboxylic acids is 1. The highest BCUT2D eigenvalue weighted by atomic mass is 32.2. The molecule has 5 nitrogen and oxygen atoms in total. The van der Waals surface area contributed by atoms with Crippen molar-refractivity contribution in [3.05, 3.63) is 18.0 Å². The van der Waals surface area contributed by atoms with E-state index in [1.54, 1.807) is 18.0 Å². The molecule has 1 fully saturated rings.